The molecule has 0 saturated carbocycles. The molecule has 5 nitrogen and oxygen atoms in total. The average Bonchev–Trinajstić information content (AvgIpc) is 3.23. The first kappa shape index (κ1) is 42.1. The second kappa shape index (κ2) is 17.3. The third kappa shape index (κ3) is 9.06. The van der Waals surface area contributed by atoms with E-state index in [2.05, 4.69) is 212 Å². The first-order valence-electron chi connectivity index (χ1n) is 20.3. The van der Waals surface area contributed by atoms with Crippen LogP contribution in [-0.4, -0.2) is 19.9 Å². The van der Waals surface area contributed by atoms with Crippen molar-refractivity contribution in [3.05, 3.63) is 187 Å². The second-order valence-electron chi connectivity index (χ2n) is 17.4. The van der Waals surface area contributed by atoms with Crippen molar-refractivity contribution in [1.29, 1.82) is 0 Å². The second-order valence-corrected chi connectivity index (χ2v) is 17.4. The average molecular weight is 961 g/mol. The first-order chi connectivity index (χ1) is 28.3. The molecule has 2 aromatic heterocycles. The third-order valence-electron chi connectivity index (χ3n) is 10.4. The Morgan fingerprint density at radius 1 is 0.467 bits per heavy atom. The number of benzene rings is 6. The van der Waals surface area contributed by atoms with Gasteiger partial charge < -0.3 is 9.88 Å². The fourth-order valence-electron chi connectivity index (χ4n) is 7.45. The van der Waals surface area contributed by atoms with Crippen molar-refractivity contribution in [3.8, 4) is 56.0 Å². The Hall–Kier alpha value is -6.07. The molecule has 0 unspecified atom stereocenters. The Balaban J connectivity index is 0.00000544. The van der Waals surface area contributed by atoms with Crippen molar-refractivity contribution in [2.75, 3.05) is 4.90 Å². The normalized spacial score (nSPS) is 11.5. The van der Waals surface area contributed by atoms with Crippen molar-refractivity contribution in [2.24, 2.45) is 0 Å². The number of pyridine rings is 1. The zero-order chi connectivity index (χ0) is 41.3. The van der Waals surface area contributed by atoms with Crippen molar-refractivity contribution in [1.82, 2.24) is 19.9 Å². The number of hydrogen-bond donors (Lipinski definition) is 0. The van der Waals surface area contributed by atoms with Crippen LogP contribution < -0.4 is 4.90 Å². The van der Waals surface area contributed by atoms with Crippen LogP contribution in [0.5, 0.6) is 0 Å². The molecule has 0 saturated heterocycles. The van der Waals surface area contributed by atoms with Gasteiger partial charge in [0.25, 0.3) is 0 Å². The number of aryl methyl sites for hydroxylation is 2. The Morgan fingerprint density at radius 3 is 1.52 bits per heavy atom. The van der Waals surface area contributed by atoms with Gasteiger partial charge in [-0.3, -0.25) is 0 Å². The molecule has 60 heavy (non-hydrogen) atoms. The molecule has 0 aliphatic heterocycles. The third-order valence-corrected chi connectivity index (χ3v) is 10.4. The minimum atomic E-state index is -0.228. The first-order valence-corrected chi connectivity index (χ1v) is 20.3. The van der Waals surface area contributed by atoms with E-state index in [1.165, 1.54) is 22.3 Å². The molecule has 0 fully saturated rings. The van der Waals surface area contributed by atoms with E-state index in [1.54, 1.807) is 0 Å². The summed E-state index contributed by atoms with van der Waals surface area (Å²) in [6.07, 6.45) is 1.87. The SMILES string of the molecule is Cc1cc(C)cc(-c2ccccc2-c2c[c-]c(-c3ccc(-c4nc(C(C)(C)C)nc(C(C)(C)C)n4)cn3)cc2-c2ccc(N(c3ccccc3)c3ccccc3)cc2)c1.[Ir]. The summed E-state index contributed by atoms with van der Waals surface area (Å²) in [4.78, 5) is 22.0. The van der Waals surface area contributed by atoms with E-state index < -0.39 is 0 Å². The van der Waals surface area contributed by atoms with Crippen LogP contribution in [0.1, 0.15) is 64.3 Å². The van der Waals surface area contributed by atoms with Crippen molar-refractivity contribution >= 4 is 17.1 Å². The van der Waals surface area contributed by atoms with E-state index in [0.717, 1.165) is 67.8 Å². The molecule has 0 amide bonds. The Labute approximate surface area is 369 Å². The topological polar surface area (TPSA) is 54.8 Å². The number of rotatable bonds is 8. The molecule has 0 spiro atoms. The molecule has 0 aliphatic rings. The summed E-state index contributed by atoms with van der Waals surface area (Å²) in [5.74, 6) is 2.18. The van der Waals surface area contributed by atoms with Gasteiger partial charge in [0.2, 0.25) is 0 Å². The maximum Gasteiger partial charge on any atom is 0.164 e. The van der Waals surface area contributed by atoms with Crippen molar-refractivity contribution in [3.63, 3.8) is 0 Å². The predicted octanol–water partition coefficient (Wildman–Crippen LogP) is 14.1. The van der Waals surface area contributed by atoms with Crippen LogP contribution in [0.2, 0.25) is 0 Å². The maximum atomic E-state index is 5.00. The summed E-state index contributed by atoms with van der Waals surface area (Å²) < 4.78 is 0. The number of anilines is 3. The van der Waals surface area contributed by atoms with E-state index in [0.29, 0.717) is 5.82 Å². The monoisotopic (exact) mass is 961 g/mol. The van der Waals surface area contributed by atoms with Crippen molar-refractivity contribution in [2.45, 2.75) is 66.2 Å². The fourth-order valence-corrected chi connectivity index (χ4v) is 7.45. The van der Waals surface area contributed by atoms with Crippen LogP contribution in [0.25, 0.3) is 56.0 Å². The molecule has 8 aromatic rings. The van der Waals surface area contributed by atoms with Gasteiger partial charge in [0.15, 0.2) is 5.82 Å². The van der Waals surface area contributed by atoms with E-state index >= 15 is 0 Å². The van der Waals surface area contributed by atoms with Crippen molar-refractivity contribution < 1.29 is 20.1 Å². The summed E-state index contributed by atoms with van der Waals surface area (Å²) in [7, 11) is 0. The number of hydrogen-bond acceptors (Lipinski definition) is 5. The largest absolute Gasteiger partial charge is 0.311 e. The molecule has 6 aromatic carbocycles. The summed E-state index contributed by atoms with van der Waals surface area (Å²) >= 11 is 0. The van der Waals surface area contributed by atoms with E-state index in [1.807, 2.05) is 12.3 Å². The van der Waals surface area contributed by atoms with Gasteiger partial charge in [-0.05, 0) is 72.6 Å². The van der Waals surface area contributed by atoms with Crippen LogP contribution in [0.15, 0.2) is 158 Å². The van der Waals surface area contributed by atoms with E-state index in [-0.39, 0.29) is 30.9 Å². The molecule has 8 rings (SSSR count). The molecule has 0 aliphatic carbocycles. The summed E-state index contributed by atoms with van der Waals surface area (Å²) in [6, 6.07) is 57.5. The predicted molar refractivity (Wildman–Crippen MR) is 245 cm³/mol. The molecular formula is C54H50IrN5-. The zero-order valence-electron chi connectivity index (χ0n) is 35.6. The number of aromatic nitrogens is 4. The molecule has 6 heteroatoms. The van der Waals surface area contributed by atoms with Gasteiger partial charge in [0.05, 0.1) is 0 Å². The van der Waals surface area contributed by atoms with Crippen LogP contribution in [-0.2, 0) is 30.9 Å². The van der Waals surface area contributed by atoms with E-state index in [9.17, 15) is 0 Å². The van der Waals surface area contributed by atoms with Gasteiger partial charge in [-0.2, -0.15) is 0 Å². The molecule has 0 bridgehead atoms. The minimum Gasteiger partial charge on any atom is -0.311 e. The Kier molecular flexibility index (Phi) is 12.1. The smallest absolute Gasteiger partial charge is 0.164 e. The standard InChI is InChI=1S/C54H50N5.Ir/c1-36-31-37(2)33-41(32-36)45-21-15-16-22-46(45)47-29-25-39(49-30-26-40(35-55-49)50-56-51(53(3,4)5)58-52(57-50)54(6,7)8)34-48(47)38-23-27-44(28-24-38)59(42-17-11-9-12-18-42)43-19-13-10-14-20-43;/h9-24,26-35H,1-8H3;/q-1;. The van der Waals surface area contributed by atoms with Gasteiger partial charge >= 0.3 is 0 Å². The van der Waals surface area contributed by atoms with Crippen LogP contribution >= 0.6 is 0 Å². The quantitative estimate of drug-likeness (QED) is 0.142. The van der Waals surface area contributed by atoms with Gasteiger partial charge in [-0.25, -0.2) is 15.0 Å². The fraction of sp³-hybridized carbons (Fsp3) is 0.185. The number of nitrogens with zero attached hydrogens (tertiary/aromatic N) is 5. The number of para-hydroxylation sites is 2. The summed E-state index contributed by atoms with van der Waals surface area (Å²) in [5, 5.41) is 0. The minimum absolute atomic E-state index is 0. The summed E-state index contributed by atoms with van der Waals surface area (Å²) in [5.41, 5.74) is 14.7. The van der Waals surface area contributed by atoms with Gasteiger partial charge in [0, 0.05) is 59.8 Å². The molecule has 0 atom stereocenters. The molecule has 2 heterocycles. The molecule has 0 N–H and O–H groups in total. The maximum absolute atomic E-state index is 5.00. The van der Waals surface area contributed by atoms with Gasteiger partial charge in [-0.15, -0.1) is 23.8 Å². The van der Waals surface area contributed by atoms with Crippen LogP contribution in [0, 0.1) is 19.9 Å². The Morgan fingerprint density at radius 2 is 0.983 bits per heavy atom. The zero-order valence-corrected chi connectivity index (χ0v) is 38.0. The van der Waals surface area contributed by atoms with Gasteiger partial charge in [0.1, 0.15) is 11.6 Å². The Bertz CT molecular complexity index is 2640. The van der Waals surface area contributed by atoms with Crippen LogP contribution in [0.4, 0.5) is 17.1 Å². The van der Waals surface area contributed by atoms with E-state index in [4.69, 9.17) is 19.9 Å². The molecule has 1 radical (unpaired) electrons. The molecule has 301 valence electrons. The van der Waals surface area contributed by atoms with Crippen LogP contribution in [0.3, 0.4) is 0 Å². The molecular weight excluding hydrogens is 911 g/mol. The summed E-state index contributed by atoms with van der Waals surface area (Å²) in [6.45, 7) is 17.1. The van der Waals surface area contributed by atoms with Gasteiger partial charge in [-0.1, -0.05) is 172 Å².